The summed E-state index contributed by atoms with van der Waals surface area (Å²) in [7, 11) is 0. The van der Waals surface area contributed by atoms with Crippen molar-refractivity contribution in [2.75, 3.05) is 6.61 Å². The van der Waals surface area contributed by atoms with Crippen LogP contribution in [-0.2, 0) is 17.6 Å². The molecule has 1 saturated carbocycles. The Hall–Kier alpha value is -1.51. The first-order chi connectivity index (χ1) is 10.7. The number of carbonyl (C=O) groups is 1. The normalized spacial score (nSPS) is 18.8. The van der Waals surface area contributed by atoms with E-state index < -0.39 is 0 Å². The molecule has 0 radical (unpaired) electrons. The van der Waals surface area contributed by atoms with Crippen molar-refractivity contribution in [3.05, 3.63) is 29.3 Å². The third kappa shape index (κ3) is 4.02. The minimum absolute atomic E-state index is 0.191. The van der Waals surface area contributed by atoms with Crippen molar-refractivity contribution >= 4 is 5.91 Å². The summed E-state index contributed by atoms with van der Waals surface area (Å²) in [4.78, 5) is 12.1. The lowest BCUT2D eigenvalue weighted by Crippen LogP contribution is -2.34. The SMILES string of the molecule is CC(Cc1ccc2c(c1)CCO2)NC(=O)CCC1CCCC1. The fraction of sp³-hybridized carbons (Fsp3) is 0.632. The Morgan fingerprint density at radius 1 is 1.36 bits per heavy atom. The summed E-state index contributed by atoms with van der Waals surface area (Å²) in [6.07, 6.45) is 8.99. The van der Waals surface area contributed by atoms with Crippen LogP contribution in [0.5, 0.6) is 5.75 Å². The van der Waals surface area contributed by atoms with Crippen molar-refractivity contribution in [3.63, 3.8) is 0 Å². The van der Waals surface area contributed by atoms with Crippen molar-refractivity contribution in [1.29, 1.82) is 0 Å². The lowest BCUT2D eigenvalue weighted by Gasteiger charge is -2.15. The molecule has 1 amide bonds. The summed E-state index contributed by atoms with van der Waals surface area (Å²) in [6, 6.07) is 6.60. The smallest absolute Gasteiger partial charge is 0.220 e. The van der Waals surface area contributed by atoms with Crippen molar-refractivity contribution in [2.45, 2.75) is 64.3 Å². The van der Waals surface area contributed by atoms with Gasteiger partial charge in [0, 0.05) is 18.9 Å². The Bertz CT molecular complexity index is 520. The highest BCUT2D eigenvalue weighted by atomic mass is 16.5. The molecule has 120 valence electrons. The maximum Gasteiger partial charge on any atom is 0.220 e. The minimum Gasteiger partial charge on any atom is -0.493 e. The van der Waals surface area contributed by atoms with E-state index in [0.717, 1.165) is 37.5 Å². The van der Waals surface area contributed by atoms with Crippen LogP contribution < -0.4 is 10.1 Å². The molecular formula is C19H27NO2. The van der Waals surface area contributed by atoms with Crippen LogP contribution in [0.3, 0.4) is 0 Å². The number of nitrogens with one attached hydrogen (secondary N) is 1. The molecule has 0 aromatic heterocycles. The quantitative estimate of drug-likeness (QED) is 0.871. The molecule has 0 spiro atoms. The van der Waals surface area contributed by atoms with Gasteiger partial charge in [0.05, 0.1) is 6.61 Å². The summed E-state index contributed by atoms with van der Waals surface area (Å²) >= 11 is 0. The van der Waals surface area contributed by atoms with Crippen LogP contribution in [0.15, 0.2) is 18.2 Å². The number of hydrogen-bond acceptors (Lipinski definition) is 2. The lowest BCUT2D eigenvalue weighted by molar-refractivity contribution is -0.121. The molecule has 2 aliphatic rings. The number of hydrogen-bond donors (Lipinski definition) is 1. The first-order valence-corrected chi connectivity index (χ1v) is 8.74. The highest BCUT2D eigenvalue weighted by Crippen LogP contribution is 2.28. The largest absolute Gasteiger partial charge is 0.493 e. The lowest BCUT2D eigenvalue weighted by atomic mass is 10.0. The number of carbonyl (C=O) groups excluding carboxylic acids is 1. The van der Waals surface area contributed by atoms with Crippen LogP contribution in [-0.4, -0.2) is 18.6 Å². The molecule has 3 rings (SSSR count). The standard InChI is InChI=1S/C19H27NO2/c1-14(20-19(21)9-7-15-4-2-3-5-15)12-16-6-8-18-17(13-16)10-11-22-18/h6,8,13-15H,2-5,7,9-12H2,1H3,(H,20,21). The van der Waals surface area contributed by atoms with E-state index in [1.54, 1.807) is 0 Å². The Morgan fingerprint density at radius 2 is 2.18 bits per heavy atom. The maximum absolute atomic E-state index is 12.1. The fourth-order valence-electron chi connectivity index (χ4n) is 3.75. The second-order valence-corrected chi connectivity index (χ2v) is 6.90. The van der Waals surface area contributed by atoms with E-state index in [1.165, 1.54) is 36.8 Å². The molecule has 3 nitrogen and oxygen atoms in total. The summed E-state index contributed by atoms with van der Waals surface area (Å²) < 4.78 is 5.53. The van der Waals surface area contributed by atoms with E-state index in [-0.39, 0.29) is 11.9 Å². The van der Waals surface area contributed by atoms with Crippen LogP contribution in [0, 0.1) is 5.92 Å². The van der Waals surface area contributed by atoms with E-state index in [1.807, 2.05) is 0 Å². The molecule has 1 atom stereocenters. The van der Waals surface area contributed by atoms with Gasteiger partial charge >= 0.3 is 0 Å². The van der Waals surface area contributed by atoms with Crippen LogP contribution in [0.4, 0.5) is 0 Å². The summed E-state index contributed by atoms with van der Waals surface area (Å²) in [5, 5.41) is 3.15. The number of fused-ring (bicyclic) bond motifs is 1. The molecule has 1 aliphatic carbocycles. The second-order valence-electron chi connectivity index (χ2n) is 6.90. The minimum atomic E-state index is 0.191. The summed E-state index contributed by atoms with van der Waals surface area (Å²) in [5.74, 6) is 2.03. The highest BCUT2D eigenvalue weighted by Gasteiger charge is 2.17. The van der Waals surface area contributed by atoms with Gasteiger partial charge in [-0.25, -0.2) is 0 Å². The van der Waals surface area contributed by atoms with Gasteiger partial charge < -0.3 is 10.1 Å². The predicted octanol–water partition coefficient (Wildman–Crippen LogP) is 3.64. The molecule has 3 heteroatoms. The number of amides is 1. The monoisotopic (exact) mass is 301 g/mol. The Balaban J connectivity index is 1.43. The van der Waals surface area contributed by atoms with E-state index in [9.17, 15) is 4.79 Å². The average Bonchev–Trinajstić information content (AvgIpc) is 3.15. The summed E-state index contributed by atoms with van der Waals surface area (Å²) in [5.41, 5.74) is 2.59. The van der Waals surface area contributed by atoms with E-state index >= 15 is 0 Å². The average molecular weight is 301 g/mol. The second kappa shape index (κ2) is 7.17. The van der Waals surface area contributed by atoms with Crippen molar-refractivity contribution < 1.29 is 9.53 Å². The molecule has 0 bridgehead atoms. The molecular weight excluding hydrogens is 274 g/mol. The molecule has 1 unspecified atom stereocenters. The zero-order valence-electron chi connectivity index (χ0n) is 13.6. The van der Waals surface area contributed by atoms with Crippen LogP contribution >= 0.6 is 0 Å². The van der Waals surface area contributed by atoms with Crippen LogP contribution in [0.2, 0.25) is 0 Å². The van der Waals surface area contributed by atoms with Crippen LogP contribution in [0.1, 0.15) is 56.6 Å². The van der Waals surface area contributed by atoms with Crippen molar-refractivity contribution in [1.82, 2.24) is 5.32 Å². The van der Waals surface area contributed by atoms with Gasteiger partial charge in [0.25, 0.3) is 0 Å². The van der Waals surface area contributed by atoms with E-state index in [2.05, 4.69) is 30.4 Å². The molecule has 22 heavy (non-hydrogen) atoms. The molecule has 1 aliphatic heterocycles. The molecule has 0 saturated heterocycles. The zero-order valence-corrected chi connectivity index (χ0v) is 13.6. The fourth-order valence-corrected chi connectivity index (χ4v) is 3.75. The first kappa shape index (κ1) is 15.4. The molecule has 1 aromatic carbocycles. The van der Waals surface area contributed by atoms with Gasteiger partial charge in [-0.15, -0.1) is 0 Å². The third-order valence-corrected chi connectivity index (χ3v) is 4.96. The Kier molecular flexibility index (Phi) is 5.01. The molecule has 1 aromatic rings. The Morgan fingerprint density at radius 3 is 3.00 bits per heavy atom. The van der Waals surface area contributed by atoms with Gasteiger partial charge in [-0.3, -0.25) is 4.79 Å². The van der Waals surface area contributed by atoms with Crippen LogP contribution in [0.25, 0.3) is 0 Å². The van der Waals surface area contributed by atoms with Gasteiger partial charge in [0.15, 0.2) is 0 Å². The van der Waals surface area contributed by atoms with E-state index in [4.69, 9.17) is 4.74 Å². The summed E-state index contributed by atoms with van der Waals surface area (Å²) in [6.45, 7) is 2.89. The molecule has 1 N–H and O–H groups in total. The predicted molar refractivity (Wildman–Crippen MR) is 88.1 cm³/mol. The van der Waals surface area contributed by atoms with Crippen molar-refractivity contribution in [2.24, 2.45) is 5.92 Å². The Labute approximate surface area is 133 Å². The van der Waals surface area contributed by atoms with Gasteiger partial charge in [-0.1, -0.05) is 37.8 Å². The zero-order chi connectivity index (χ0) is 15.4. The maximum atomic E-state index is 12.1. The third-order valence-electron chi connectivity index (χ3n) is 4.96. The number of benzene rings is 1. The van der Waals surface area contributed by atoms with Gasteiger partial charge in [-0.2, -0.15) is 0 Å². The number of ether oxygens (including phenoxy) is 1. The van der Waals surface area contributed by atoms with Gasteiger partial charge in [-0.05, 0) is 42.9 Å². The van der Waals surface area contributed by atoms with Crippen molar-refractivity contribution in [3.8, 4) is 5.75 Å². The first-order valence-electron chi connectivity index (χ1n) is 8.74. The van der Waals surface area contributed by atoms with E-state index in [0.29, 0.717) is 6.42 Å². The van der Waals surface area contributed by atoms with Gasteiger partial charge in [0.1, 0.15) is 5.75 Å². The molecule has 1 fully saturated rings. The topological polar surface area (TPSA) is 38.3 Å². The number of rotatable bonds is 6. The highest BCUT2D eigenvalue weighted by molar-refractivity contribution is 5.76. The molecule has 1 heterocycles. The van der Waals surface area contributed by atoms with Gasteiger partial charge in [0.2, 0.25) is 5.91 Å².